The first-order chi connectivity index (χ1) is 14.2. The summed E-state index contributed by atoms with van der Waals surface area (Å²) in [7, 11) is 0. The van der Waals surface area contributed by atoms with Crippen LogP contribution in [-0.4, -0.2) is 39.8 Å². The highest BCUT2D eigenvalue weighted by molar-refractivity contribution is 6.02. The van der Waals surface area contributed by atoms with Crippen LogP contribution in [0.15, 0.2) is 42.6 Å². The monoisotopic (exact) mass is 392 g/mol. The van der Waals surface area contributed by atoms with Crippen LogP contribution in [0, 0.1) is 5.92 Å². The van der Waals surface area contributed by atoms with Crippen LogP contribution in [0.2, 0.25) is 0 Å². The van der Waals surface area contributed by atoms with E-state index in [9.17, 15) is 9.59 Å². The Balaban J connectivity index is 1.43. The molecule has 1 aliphatic carbocycles. The van der Waals surface area contributed by atoms with E-state index in [1.165, 1.54) is 19.3 Å². The van der Waals surface area contributed by atoms with E-state index >= 15 is 0 Å². The van der Waals surface area contributed by atoms with Crippen molar-refractivity contribution in [3.8, 4) is 0 Å². The number of carbonyl (C=O) groups is 2. The fourth-order valence-electron chi connectivity index (χ4n) is 4.45. The van der Waals surface area contributed by atoms with Crippen molar-refractivity contribution < 1.29 is 9.59 Å². The van der Waals surface area contributed by atoms with Crippen molar-refractivity contribution in [1.82, 2.24) is 14.9 Å². The molecule has 0 aromatic carbocycles. The van der Waals surface area contributed by atoms with Gasteiger partial charge in [0, 0.05) is 36.8 Å². The molecule has 0 spiro atoms. The van der Waals surface area contributed by atoms with E-state index in [1.54, 1.807) is 24.4 Å². The van der Waals surface area contributed by atoms with Gasteiger partial charge in [0.25, 0.3) is 5.91 Å². The fraction of sp³-hybridized carbons (Fsp3) is 0.478. The van der Waals surface area contributed by atoms with Crippen LogP contribution < -0.4 is 5.32 Å². The van der Waals surface area contributed by atoms with Crippen molar-refractivity contribution in [2.75, 3.05) is 18.4 Å². The molecule has 2 aliphatic rings. The summed E-state index contributed by atoms with van der Waals surface area (Å²) in [5.74, 6) is 0.936. The zero-order valence-electron chi connectivity index (χ0n) is 16.7. The van der Waals surface area contributed by atoms with Gasteiger partial charge in [-0.2, -0.15) is 0 Å². The Hall–Kier alpha value is -2.76. The zero-order chi connectivity index (χ0) is 20.1. The molecule has 152 valence electrons. The molecule has 1 aliphatic heterocycles. The van der Waals surface area contributed by atoms with Crippen LogP contribution >= 0.6 is 0 Å². The molecule has 2 fully saturated rings. The molecule has 3 heterocycles. The molecule has 1 saturated heterocycles. The lowest BCUT2D eigenvalue weighted by Gasteiger charge is -2.35. The van der Waals surface area contributed by atoms with Crippen LogP contribution in [0.5, 0.6) is 0 Å². The topological polar surface area (TPSA) is 75.2 Å². The maximum absolute atomic E-state index is 12.9. The number of anilines is 1. The minimum absolute atomic E-state index is 0.180. The highest BCUT2D eigenvalue weighted by Crippen LogP contribution is 2.30. The standard InChI is InChI=1S/C23H28N4O2/c28-22(26-21-13-4-5-14-24-21)20-12-6-11-19(25-20)18-10-7-15-27(16-18)23(29)17-8-2-1-3-9-17/h4-6,11-14,17-18H,1-3,7-10,15-16H2,(H,24,26,28)/t18-/m0/s1. The molecule has 1 saturated carbocycles. The second-order valence-electron chi connectivity index (χ2n) is 8.08. The van der Waals surface area contributed by atoms with Crippen LogP contribution in [0.4, 0.5) is 5.82 Å². The van der Waals surface area contributed by atoms with Gasteiger partial charge < -0.3 is 10.2 Å². The molecule has 29 heavy (non-hydrogen) atoms. The van der Waals surface area contributed by atoms with Crippen LogP contribution in [0.3, 0.4) is 0 Å². The second-order valence-corrected chi connectivity index (χ2v) is 8.08. The number of nitrogens with one attached hydrogen (secondary N) is 1. The van der Waals surface area contributed by atoms with E-state index in [-0.39, 0.29) is 17.7 Å². The highest BCUT2D eigenvalue weighted by atomic mass is 16.2. The SMILES string of the molecule is O=C(Nc1ccccn1)c1cccc([C@H]2CCCN(C(=O)C3CCCCC3)C2)n1. The third-order valence-corrected chi connectivity index (χ3v) is 6.02. The number of carbonyl (C=O) groups excluding carboxylic acids is 2. The van der Waals surface area contributed by atoms with E-state index < -0.39 is 0 Å². The van der Waals surface area contributed by atoms with Crippen molar-refractivity contribution in [3.63, 3.8) is 0 Å². The number of nitrogens with zero attached hydrogens (tertiary/aromatic N) is 3. The smallest absolute Gasteiger partial charge is 0.275 e. The largest absolute Gasteiger partial charge is 0.342 e. The Bertz CT molecular complexity index is 849. The van der Waals surface area contributed by atoms with Gasteiger partial charge in [0.15, 0.2) is 0 Å². The van der Waals surface area contributed by atoms with Gasteiger partial charge >= 0.3 is 0 Å². The molecule has 4 rings (SSSR count). The lowest BCUT2D eigenvalue weighted by atomic mass is 9.86. The van der Waals surface area contributed by atoms with E-state index in [2.05, 4.69) is 15.3 Å². The summed E-state index contributed by atoms with van der Waals surface area (Å²) in [6.07, 6.45) is 9.26. The normalized spacial score (nSPS) is 20.3. The Kier molecular flexibility index (Phi) is 6.17. The van der Waals surface area contributed by atoms with Crippen molar-refractivity contribution >= 4 is 17.6 Å². The van der Waals surface area contributed by atoms with Gasteiger partial charge in [-0.15, -0.1) is 0 Å². The first-order valence-electron chi connectivity index (χ1n) is 10.7. The molecular formula is C23H28N4O2. The van der Waals surface area contributed by atoms with E-state index in [0.29, 0.717) is 24.0 Å². The minimum Gasteiger partial charge on any atom is -0.342 e. The van der Waals surface area contributed by atoms with Crippen LogP contribution in [0.1, 0.15) is 67.0 Å². The van der Waals surface area contributed by atoms with Crippen LogP contribution in [-0.2, 0) is 4.79 Å². The molecule has 2 aromatic heterocycles. The molecule has 1 atom stereocenters. The number of piperidine rings is 1. The van der Waals surface area contributed by atoms with Gasteiger partial charge in [0.05, 0.1) is 0 Å². The fourth-order valence-corrected chi connectivity index (χ4v) is 4.45. The van der Waals surface area contributed by atoms with E-state index in [4.69, 9.17) is 0 Å². The number of aromatic nitrogens is 2. The van der Waals surface area contributed by atoms with E-state index in [0.717, 1.165) is 37.9 Å². The van der Waals surface area contributed by atoms with Crippen molar-refractivity contribution in [1.29, 1.82) is 0 Å². The third-order valence-electron chi connectivity index (χ3n) is 6.02. The molecule has 0 unspecified atom stereocenters. The summed E-state index contributed by atoms with van der Waals surface area (Å²) in [5, 5.41) is 2.78. The van der Waals surface area contributed by atoms with Crippen LogP contribution in [0.25, 0.3) is 0 Å². The summed E-state index contributed by atoms with van der Waals surface area (Å²) < 4.78 is 0. The molecule has 6 nitrogen and oxygen atoms in total. The Morgan fingerprint density at radius 2 is 1.83 bits per heavy atom. The van der Waals surface area contributed by atoms with Crippen molar-refractivity contribution in [2.45, 2.75) is 50.9 Å². The lowest BCUT2D eigenvalue weighted by molar-refractivity contribution is -0.137. The van der Waals surface area contributed by atoms with E-state index in [1.807, 2.05) is 23.1 Å². The Morgan fingerprint density at radius 3 is 2.62 bits per heavy atom. The molecular weight excluding hydrogens is 364 g/mol. The first-order valence-corrected chi connectivity index (χ1v) is 10.7. The zero-order valence-corrected chi connectivity index (χ0v) is 16.7. The molecule has 0 bridgehead atoms. The summed E-state index contributed by atoms with van der Waals surface area (Å²) in [4.78, 5) is 36.3. The first kappa shape index (κ1) is 19.6. The van der Waals surface area contributed by atoms with Gasteiger partial charge in [-0.1, -0.05) is 31.4 Å². The third kappa shape index (κ3) is 4.81. The molecule has 2 aromatic rings. The molecule has 0 radical (unpaired) electrons. The molecule has 2 amide bonds. The van der Waals surface area contributed by atoms with Crippen molar-refractivity contribution in [3.05, 3.63) is 54.0 Å². The second kappa shape index (κ2) is 9.16. The van der Waals surface area contributed by atoms with Crippen molar-refractivity contribution in [2.24, 2.45) is 5.92 Å². The molecule has 6 heteroatoms. The number of likely N-dealkylation sites (tertiary alicyclic amines) is 1. The predicted molar refractivity (Wildman–Crippen MR) is 112 cm³/mol. The average Bonchev–Trinajstić information content (AvgIpc) is 2.80. The van der Waals surface area contributed by atoms with Gasteiger partial charge in [-0.05, 0) is 49.9 Å². The molecule has 1 N–H and O–H groups in total. The minimum atomic E-state index is -0.267. The number of rotatable bonds is 4. The summed E-state index contributed by atoms with van der Waals surface area (Å²) in [6, 6.07) is 10.9. The highest BCUT2D eigenvalue weighted by Gasteiger charge is 2.30. The number of hydrogen-bond acceptors (Lipinski definition) is 4. The summed E-state index contributed by atoms with van der Waals surface area (Å²) in [5.41, 5.74) is 1.27. The number of amides is 2. The number of hydrogen-bond donors (Lipinski definition) is 1. The number of pyridine rings is 2. The van der Waals surface area contributed by atoms with Gasteiger partial charge in [0.1, 0.15) is 11.5 Å². The summed E-state index contributed by atoms with van der Waals surface area (Å²) in [6.45, 7) is 1.54. The summed E-state index contributed by atoms with van der Waals surface area (Å²) >= 11 is 0. The Labute approximate surface area is 171 Å². The van der Waals surface area contributed by atoms with Gasteiger partial charge in [-0.3, -0.25) is 9.59 Å². The predicted octanol–water partition coefficient (Wildman–Crippen LogP) is 4.02. The maximum Gasteiger partial charge on any atom is 0.275 e. The quantitative estimate of drug-likeness (QED) is 0.853. The van der Waals surface area contributed by atoms with Gasteiger partial charge in [-0.25, -0.2) is 9.97 Å². The maximum atomic E-state index is 12.9. The van der Waals surface area contributed by atoms with Gasteiger partial charge in [0.2, 0.25) is 5.91 Å². The Morgan fingerprint density at radius 1 is 0.966 bits per heavy atom. The average molecular weight is 393 g/mol. The lowest BCUT2D eigenvalue weighted by Crippen LogP contribution is -2.43.